The van der Waals surface area contributed by atoms with Gasteiger partial charge in [-0.15, -0.1) is 0 Å². The third kappa shape index (κ3) is 4.62. The van der Waals surface area contributed by atoms with Gasteiger partial charge in [-0.3, -0.25) is 28.8 Å². The van der Waals surface area contributed by atoms with Gasteiger partial charge in [-0.1, -0.05) is 27.4 Å². The van der Waals surface area contributed by atoms with E-state index in [1.807, 2.05) is 6.92 Å². The highest BCUT2D eigenvalue weighted by Gasteiger charge is 2.81. The zero-order valence-electron chi connectivity index (χ0n) is 25.3. The average Bonchev–Trinajstić information content (AvgIpc) is 2.95. The van der Waals surface area contributed by atoms with Gasteiger partial charge in [-0.05, 0) is 18.3 Å². The average molecular weight is 593 g/mol. The summed E-state index contributed by atoms with van der Waals surface area (Å²) >= 11 is 0. The smallest absolute Gasteiger partial charge is 0.303 e. The van der Waals surface area contributed by atoms with Gasteiger partial charge in [0.2, 0.25) is 0 Å². The maximum absolute atomic E-state index is 14.4. The summed E-state index contributed by atoms with van der Waals surface area (Å²) in [6.07, 6.45) is -6.13. The summed E-state index contributed by atoms with van der Waals surface area (Å²) in [5, 5.41) is 11.7. The van der Waals surface area contributed by atoms with E-state index in [4.69, 9.17) is 23.7 Å². The molecule has 2 bridgehead atoms. The number of hydrogen-bond donors (Lipinski definition) is 1. The highest BCUT2D eigenvalue weighted by Crippen LogP contribution is 2.73. The summed E-state index contributed by atoms with van der Waals surface area (Å²) in [7, 11) is 0. The highest BCUT2D eigenvalue weighted by molar-refractivity contribution is 6.05. The molecule has 0 heterocycles. The Morgan fingerprint density at radius 2 is 1.19 bits per heavy atom. The lowest BCUT2D eigenvalue weighted by molar-refractivity contribution is -0.306. The van der Waals surface area contributed by atoms with E-state index < -0.39 is 99.8 Å². The number of fused-ring (bicyclic) bond motifs is 3. The summed E-state index contributed by atoms with van der Waals surface area (Å²) in [6, 6.07) is 0. The van der Waals surface area contributed by atoms with Crippen LogP contribution in [-0.2, 0) is 52.5 Å². The molecule has 4 saturated carbocycles. The Morgan fingerprint density at radius 3 is 1.69 bits per heavy atom. The molecule has 0 saturated heterocycles. The molecule has 4 fully saturated rings. The second kappa shape index (κ2) is 10.2. The fraction of sp³-hybridized carbons (Fsp3) is 0.733. The summed E-state index contributed by atoms with van der Waals surface area (Å²) < 4.78 is 29.1. The van der Waals surface area contributed by atoms with E-state index in [0.717, 1.165) is 6.92 Å². The van der Waals surface area contributed by atoms with Crippen molar-refractivity contribution in [2.75, 3.05) is 0 Å². The van der Waals surface area contributed by atoms with Crippen LogP contribution in [-0.4, -0.2) is 76.9 Å². The minimum absolute atomic E-state index is 0.00550. The van der Waals surface area contributed by atoms with E-state index in [1.54, 1.807) is 13.8 Å². The number of aliphatic hydroxyl groups is 1. The third-order valence-electron chi connectivity index (χ3n) is 9.90. The zero-order valence-corrected chi connectivity index (χ0v) is 25.3. The van der Waals surface area contributed by atoms with E-state index in [9.17, 15) is 33.9 Å². The van der Waals surface area contributed by atoms with Crippen molar-refractivity contribution >= 4 is 35.6 Å². The molecule has 10 atom stereocenters. The summed E-state index contributed by atoms with van der Waals surface area (Å²) in [6.45, 7) is 15.2. The van der Waals surface area contributed by atoms with Crippen molar-refractivity contribution in [3.63, 3.8) is 0 Å². The van der Waals surface area contributed by atoms with Crippen LogP contribution in [0.2, 0.25) is 0 Å². The van der Waals surface area contributed by atoms with Gasteiger partial charge in [0.15, 0.2) is 11.9 Å². The van der Waals surface area contributed by atoms with Crippen molar-refractivity contribution in [2.24, 2.45) is 28.1 Å². The molecule has 1 spiro atoms. The quantitative estimate of drug-likeness (QED) is 0.280. The molecule has 1 N–H and O–H groups in total. The number of hydrogen-bond acceptors (Lipinski definition) is 12. The first-order chi connectivity index (χ1) is 19.2. The molecule has 4 aliphatic carbocycles. The number of carbonyl (C=O) groups is 6. The molecule has 0 aliphatic heterocycles. The first-order valence-corrected chi connectivity index (χ1v) is 14.0. The van der Waals surface area contributed by atoms with E-state index in [2.05, 4.69) is 6.58 Å². The van der Waals surface area contributed by atoms with Gasteiger partial charge in [-0.25, -0.2) is 0 Å². The minimum atomic E-state index is -1.78. The third-order valence-corrected chi connectivity index (χ3v) is 9.90. The van der Waals surface area contributed by atoms with Crippen molar-refractivity contribution in [1.29, 1.82) is 0 Å². The number of rotatable bonds is 5. The monoisotopic (exact) mass is 592 g/mol. The van der Waals surface area contributed by atoms with Crippen LogP contribution in [0.5, 0.6) is 0 Å². The second-order valence-corrected chi connectivity index (χ2v) is 13.2. The van der Waals surface area contributed by atoms with Crippen LogP contribution in [0.25, 0.3) is 0 Å². The largest absolute Gasteiger partial charge is 0.462 e. The predicted molar refractivity (Wildman–Crippen MR) is 142 cm³/mol. The number of carbonyl (C=O) groups excluding carboxylic acids is 6. The van der Waals surface area contributed by atoms with Crippen molar-refractivity contribution in [3.8, 4) is 0 Å². The predicted octanol–water partition coefficient (Wildman–Crippen LogP) is 1.98. The van der Waals surface area contributed by atoms with Crippen LogP contribution >= 0.6 is 0 Å². The lowest BCUT2D eigenvalue weighted by atomic mass is 9.38. The van der Waals surface area contributed by atoms with E-state index >= 15 is 0 Å². The summed E-state index contributed by atoms with van der Waals surface area (Å²) in [5.74, 6) is -5.71. The summed E-state index contributed by atoms with van der Waals surface area (Å²) in [5.41, 5.74) is -5.89. The molecule has 0 radical (unpaired) electrons. The van der Waals surface area contributed by atoms with Gasteiger partial charge in [0.1, 0.15) is 24.4 Å². The van der Waals surface area contributed by atoms with Gasteiger partial charge in [0.05, 0.1) is 11.0 Å². The fourth-order valence-corrected chi connectivity index (χ4v) is 9.29. The molecule has 4 rings (SSSR count). The number of ketones is 1. The van der Waals surface area contributed by atoms with Crippen molar-refractivity contribution < 1.29 is 57.6 Å². The first kappa shape index (κ1) is 31.7. The van der Waals surface area contributed by atoms with E-state index in [1.165, 1.54) is 27.7 Å². The highest BCUT2D eigenvalue weighted by atomic mass is 16.6. The Morgan fingerprint density at radius 1 is 0.714 bits per heavy atom. The lowest BCUT2D eigenvalue weighted by Crippen LogP contribution is -2.76. The van der Waals surface area contributed by atoms with Crippen LogP contribution in [0.1, 0.15) is 74.7 Å². The molecule has 4 aliphatic rings. The van der Waals surface area contributed by atoms with Crippen LogP contribution in [0.15, 0.2) is 12.2 Å². The number of ether oxygens (including phenoxy) is 5. The van der Waals surface area contributed by atoms with Crippen LogP contribution < -0.4 is 0 Å². The molecular formula is C30H40O12. The zero-order chi connectivity index (χ0) is 31.7. The van der Waals surface area contributed by atoms with Crippen LogP contribution in [0.4, 0.5) is 0 Å². The van der Waals surface area contributed by atoms with Gasteiger partial charge >= 0.3 is 29.8 Å². The van der Waals surface area contributed by atoms with Crippen molar-refractivity contribution in [2.45, 2.75) is 111 Å². The Kier molecular flexibility index (Phi) is 7.66. The Bertz CT molecular complexity index is 1250. The van der Waals surface area contributed by atoms with Gasteiger partial charge in [0.25, 0.3) is 0 Å². The Hall–Kier alpha value is -3.28. The molecule has 0 aromatic carbocycles. The normalized spacial score (nSPS) is 41.5. The second-order valence-electron chi connectivity index (χ2n) is 13.2. The molecule has 12 nitrogen and oxygen atoms in total. The molecule has 0 aromatic heterocycles. The van der Waals surface area contributed by atoms with Gasteiger partial charge in [0, 0.05) is 63.9 Å². The minimum Gasteiger partial charge on any atom is -0.462 e. The molecule has 12 heteroatoms. The maximum Gasteiger partial charge on any atom is 0.303 e. The van der Waals surface area contributed by atoms with Gasteiger partial charge < -0.3 is 28.8 Å². The first-order valence-electron chi connectivity index (χ1n) is 14.0. The standard InChI is InChI=1S/C30H40O12/c1-13-24(36)30-12-29(13,37)11-19(38-14(2)31)22(30)28(9)10-20(39-15(3)32)25(41-17(5)34)27(7,8)23(28)21(40-16(4)33)26(30)42-18(6)35/h19-23,25-26,37H,1,10-12H2,2-9H3/t19-,20-,21+,22-,23+,25-,26-,28-,29-,30-/m0/s1. The van der Waals surface area contributed by atoms with Crippen molar-refractivity contribution in [3.05, 3.63) is 12.2 Å². The van der Waals surface area contributed by atoms with E-state index in [0.29, 0.717) is 0 Å². The SMILES string of the molecule is C=C1C(=O)[C@]23C[C@@]1(O)C[C@H](OC(C)=O)[C@H]2[C@]1(C)C[C@H](OC(C)=O)[C@H](OC(C)=O)C(C)(C)[C@H]1[C@@H](OC(C)=O)[C@@H]3OC(C)=O. The molecular weight excluding hydrogens is 552 g/mol. The summed E-state index contributed by atoms with van der Waals surface area (Å²) in [4.78, 5) is 76.7. The number of Topliss-reactive ketones (excluding diaryl/α,β-unsaturated/α-hetero) is 1. The van der Waals surface area contributed by atoms with Crippen molar-refractivity contribution in [1.82, 2.24) is 0 Å². The molecule has 0 unspecified atom stereocenters. The Balaban J connectivity index is 2.08. The molecule has 0 amide bonds. The topological polar surface area (TPSA) is 169 Å². The maximum atomic E-state index is 14.4. The molecule has 232 valence electrons. The molecule has 42 heavy (non-hydrogen) atoms. The number of esters is 5. The van der Waals surface area contributed by atoms with Gasteiger partial charge in [-0.2, -0.15) is 0 Å². The lowest BCUT2D eigenvalue weighted by Gasteiger charge is -2.69. The van der Waals surface area contributed by atoms with Crippen LogP contribution in [0.3, 0.4) is 0 Å². The fourth-order valence-electron chi connectivity index (χ4n) is 9.29. The Labute approximate surface area is 244 Å². The van der Waals surface area contributed by atoms with Crippen LogP contribution in [0, 0.1) is 28.1 Å². The molecule has 0 aromatic rings. The van der Waals surface area contributed by atoms with E-state index in [-0.39, 0.29) is 24.8 Å².